The second-order valence-corrected chi connectivity index (χ2v) is 6.35. The molecular formula is C12H18N2O5S. The van der Waals surface area contributed by atoms with Crippen molar-refractivity contribution in [3.8, 4) is 0 Å². The molecule has 0 amide bonds. The van der Waals surface area contributed by atoms with Crippen molar-refractivity contribution in [3.63, 3.8) is 0 Å². The van der Waals surface area contributed by atoms with Crippen molar-refractivity contribution in [1.82, 2.24) is 0 Å². The summed E-state index contributed by atoms with van der Waals surface area (Å²) in [5, 5.41) is 13.9. The first-order chi connectivity index (χ1) is 9.36. The molecule has 0 radical (unpaired) electrons. The van der Waals surface area contributed by atoms with Crippen LogP contribution in [0.25, 0.3) is 0 Å². The number of nitrogens with one attached hydrogen (secondary N) is 1. The Kier molecular flexibility index (Phi) is 5.90. The van der Waals surface area contributed by atoms with E-state index in [1.807, 2.05) is 0 Å². The SMILES string of the molecule is COCCCCNc1ccc(S(C)(=O)=O)cc1[N+](=O)[O-]. The summed E-state index contributed by atoms with van der Waals surface area (Å²) >= 11 is 0. The first kappa shape index (κ1) is 16.4. The number of nitro benzene ring substituents is 1. The average molecular weight is 302 g/mol. The maximum atomic E-state index is 11.4. The van der Waals surface area contributed by atoms with Crippen LogP contribution in [0.2, 0.25) is 0 Å². The number of hydrogen-bond acceptors (Lipinski definition) is 6. The van der Waals surface area contributed by atoms with Crippen LogP contribution in [0.1, 0.15) is 12.8 Å². The van der Waals surface area contributed by atoms with Gasteiger partial charge in [-0.1, -0.05) is 0 Å². The molecule has 1 aromatic rings. The van der Waals surface area contributed by atoms with Crippen LogP contribution in [-0.2, 0) is 14.6 Å². The van der Waals surface area contributed by atoms with Gasteiger partial charge in [0.15, 0.2) is 9.84 Å². The Balaban J connectivity index is 2.83. The predicted octanol–water partition coefficient (Wildman–Crippen LogP) is 1.84. The van der Waals surface area contributed by atoms with Gasteiger partial charge in [0, 0.05) is 32.6 Å². The molecule has 0 atom stereocenters. The molecule has 0 aromatic heterocycles. The van der Waals surface area contributed by atoms with Crippen LogP contribution in [0.3, 0.4) is 0 Å². The topological polar surface area (TPSA) is 98.5 Å². The first-order valence-corrected chi connectivity index (χ1v) is 7.96. The number of rotatable bonds is 8. The van der Waals surface area contributed by atoms with E-state index in [0.29, 0.717) is 18.8 Å². The Bertz CT molecular complexity index is 571. The number of benzene rings is 1. The lowest BCUT2D eigenvalue weighted by Gasteiger charge is -2.08. The minimum Gasteiger partial charge on any atom is -0.385 e. The Morgan fingerprint density at radius 1 is 1.35 bits per heavy atom. The second-order valence-electron chi connectivity index (χ2n) is 4.33. The average Bonchev–Trinajstić information content (AvgIpc) is 2.37. The fraction of sp³-hybridized carbons (Fsp3) is 0.500. The van der Waals surface area contributed by atoms with E-state index in [1.54, 1.807) is 7.11 Å². The van der Waals surface area contributed by atoms with Crippen molar-refractivity contribution >= 4 is 21.2 Å². The first-order valence-electron chi connectivity index (χ1n) is 6.07. The quantitative estimate of drug-likeness (QED) is 0.447. The minimum absolute atomic E-state index is 0.0610. The number of sulfone groups is 1. The monoisotopic (exact) mass is 302 g/mol. The third-order valence-corrected chi connectivity index (χ3v) is 3.79. The molecule has 0 heterocycles. The molecule has 1 aromatic carbocycles. The number of nitrogens with zero attached hydrogens (tertiary/aromatic N) is 1. The Labute approximate surface area is 118 Å². The van der Waals surface area contributed by atoms with E-state index in [9.17, 15) is 18.5 Å². The smallest absolute Gasteiger partial charge is 0.293 e. The number of nitro groups is 1. The van der Waals surface area contributed by atoms with Crippen LogP contribution in [0.15, 0.2) is 23.1 Å². The summed E-state index contributed by atoms with van der Waals surface area (Å²) in [7, 11) is -1.84. The third kappa shape index (κ3) is 4.78. The van der Waals surface area contributed by atoms with Crippen LogP contribution in [0, 0.1) is 10.1 Å². The van der Waals surface area contributed by atoms with Gasteiger partial charge in [-0.3, -0.25) is 10.1 Å². The summed E-state index contributed by atoms with van der Waals surface area (Å²) in [5.41, 5.74) is 0.0829. The van der Waals surface area contributed by atoms with Crippen molar-refractivity contribution < 1.29 is 18.1 Å². The second kappa shape index (κ2) is 7.20. The molecule has 0 bridgehead atoms. The number of hydrogen-bond donors (Lipinski definition) is 1. The molecule has 8 heteroatoms. The molecule has 0 unspecified atom stereocenters. The molecule has 7 nitrogen and oxygen atoms in total. The summed E-state index contributed by atoms with van der Waals surface area (Å²) in [6.07, 6.45) is 2.67. The molecule has 1 rings (SSSR count). The molecule has 20 heavy (non-hydrogen) atoms. The van der Waals surface area contributed by atoms with Crippen LogP contribution in [0.5, 0.6) is 0 Å². The van der Waals surface area contributed by atoms with E-state index in [-0.39, 0.29) is 10.6 Å². The molecule has 112 valence electrons. The number of ether oxygens (including phenoxy) is 1. The van der Waals surface area contributed by atoms with Crippen LogP contribution in [0.4, 0.5) is 11.4 Å². The maximum absolute atomic E-state index is 11.4. The van der Waals surface area contributed by atoms with Crippen molar-refractivity contribution in [2.75, 3.05) is 31.8 Å². The van der Waals surface area contributed by atoms with E-state index in [1.165, 1.54) is 12.1 Å². The van der Waals surface area contributed by atoms with E-state index in [4.69, 9.17) is 4.74 Å². The molecular weight excluding hydrogens is 284 g/mol. The van der Waals surface area contributed by atoms with Gasteiger partial charge in [-0.25, -0.2) is 8.42 Å². The van der Waals surface area contributed by atoms with Crippen LogP contribution < -0.4 is 5.32 Å². The van der Waals surface area contributed by atoms with Crippen molar-refractivity contribution in [3.05, 3.63) is 28.3 Å². The molecule has 0 aliphatic heterocycles. The van der Waals surface area contributed by atoms with Crippen LogP contribution >= 0.6 is 0 Å². The molecule has 0 aliphatic carbocycles. The van der Waals surface area contributed by atoms with Gasteiger partial charge in [0.05, 0.1) is 9.82 Å². The molecule has 0 spiro atoms. The molecule has 0 saturated heterocycles. The summed E-state index contributed by atoms with van der Waals surface area (Å²) in [6.45, 7) is 1.19. The molecule has 0 fully saturated rings. The number of methoxy groups -OCH3 is 1. The van der Waals surface area contributed by atoms with E-state index < -0.39 is 14.8 Å². The van der Waals surface area contributed by atoms with Gasteiger partial charge in [0.25, 0.3) is 5.69 Å². The third-order valence-electron chi connectivity index (χ3n) is 2.68. The van der Waals surface area contributed by atoms with Gasteiger partial charge < -0.3 is 10.1 Å². The highest BCUT2D eigenvalue weighted by atomic mass is 32.2. The zero-order chi connectivity index (χ0) is 15.2. The zero-order valence-corrected chi connectivity index (χ0v) is 12.3. The molecule has 0 saturated carbocycles. The lowest BCUT2D eigenvalue weighted by atomic mass is 10.2. The van der Waals surface area contributed by atoms with Gasteiger partial charge >= 0.3 is 0 Å². The number of unbranched alkanes of at least 4 members (excludes halogenated alkanes) is 1. The highest BCUT2D eigenvalue weighted by Gasteiger charge is 2.18. The fourth-order valence-corrected chi connectivity index (χ4v) is 2.28. The minimum atomic E-state index is -3.46. The standard InChI is InChI=1S/C12H18N2O5S/c1-19-8-4-3-7-13-11-6-5-10(20(2,17)18)9-12(11)14(15)16/h5-6,9,13H,3-4,7-8H2,1-2H3. The van der Waals surface area contributed by atoms with E-state index >= 15 is 0 Å². The van der Waals surface area contributed by atoms with Crippen molar-refractivity contribution in [1.29, 1.82) is 0 Å². The summed E-state index contributed by atoms with van der Waals surface area (Å²) < 4.78 is 27.7. The number of anilines is 1. The normalized spacial score (nSPS) is 11.3. The van der Waals surface area contributed by atoms with Gasteiger partial charge in [0.2, 0.25) is 0 Å². The highest BCUT2D eigenvalue weighted by Crippen LogP contribution is 2.27. The summed E-state index contributed by atoms with van der Waals surface area (Å²) in [5.74, 6) is 0. The maximum Gasteiger partial charge on any atom is 0.293 e. The molecule has 1 N–H and O–H groups in total. The van der Waals surface area contributed by atoms with Crippen LogP contribution in [-0.4, -0.2) is 39.9 Å². The lowest BCUT2D eigenvalue weighted by Crippen LogP contribution is -2.06. The highest BCUT2D eigenvalue weighted by molar-refractivity contribution is 7.90. The molecule has 0 aliphatic rings. The van der Waals surface area contributed by atoms with E-state index in [2.05, 4.69) is 5.32 Å². The fourth-order valence-electron chi connectivity index (χ4n) is 1.64. The van der Waals surface area contributed by atoms with Gasteiger partial charge in [0.1, 0.15) is 5.69 Å². The van der Waals surface area contributed by atoms with E-state index in [0.717, 1.165) is 25.2 Å². The summed E-state index contributed by atoms with van der Waals surface area (Å²) in [4.78, 5) is 10.3. The van der Waals surface area contributed by atoms with Crippen molar-refractivity contribution in [2.45, 2.75) is 17.7 Å². The van der Waals surface area contributed by atoms with Gasteiger partial charge in [-0.15, -0.1) is 0 Å². The Hall–Kier alpha value is -1.67. The summed E-state index contributed by atoms with van der Waals surface area (Å²) in [6, 6.07) is 3.86. The zero-order valence-electron chi connectivity index (χ0n) is 11.5. The van der Waals surface area contributed by atoms with Gasteiger partial charge in [-0.2, -0.15) is 0 Å². The predicted molar refractivity (Wildman–Crippen MR) is 75.8 cm³/mol. The van der Waals surface area contributed by atoms with Gasteiger partial charge in [-0.05, 0) is 25.0 Å². The Morgan fingerprint density at radius 3 is 2.60 bits per heavy atom. The Morgan fingerprint density at radius 2 is 2.05 bits per heavy atom. The van der Waals surface area contributed by atoms with Crippen molar-refractivity contribution in [2.24, 2.45) is 0 Å². The largest absolute Gasteiger partial charge is 0.385 e. The lowest BCUT2D eigenvalue weighted by molar-refractivity contribution is -0.384.